The Kier molecular flexibility index (Phi) is 6.65. The van der Waals surface area contributed by atoms with Crippen LogP contribution in [0.4, 0.5) is 0 Å². The summed E-state index contributed by atoms with van der Waals surface area (Å²) in [7, 11) is 0. The third-order valence-corrected chi connectivity index (χ3v) is 3.79. The van der Waals surface area contributed by atoms with Crippen LogP contribution in [0.15, 0.2) is 0 Å². The highest BCUT2D eigenvalue weighted by molar-refractivity contribution is 5.78. The minimum absolute atomic E-state index is 0.609. The molecule has 4 heteroatoms. The second-order valence-corrected chi connectivity index (χ2v) is 5.22. The molecule has 0 radical (unpaired) electrons. The van der Waals surface area contributed by atoms with E-state index in [1.807, 2.05) is 13.8 Å². The standard InChI is InChI=1S/C14H27NO3/c1-3-14(13(16)17,15-4-2)9-5-10-18-11-8-12-6-7-12/h12,15H,3-11H2,1-2H3,(H,16,17). The zero-order valence-electron chi connectivity index (χ0n) is 11.7. The lowest BCUT2D eigenvalue weighted by molar-refractivity contribution is -0.145. The lowest BCUT2D eigenvalue weighted by atomic mass is 9.90. The van der Waals surface area contributed by atoms with Crippen molar-refractivity contribution >= 4 is 5.97 Å². The van der Waals surface area contributed by atoms with Crippen molar-refractivity contribution in [3.05, 3.63) is 0 Å². The van der Waals surface area contributed by atoms with Gasteiger partial charge in [-0.3, -0.25) is 4.79 Å². The first kappa shape index (κ1) is 15.4. The average Bonchev–Trinajstić information content (AvgIpc) is 3.15. The number of carboxylic acid groups (broad SMARTS) is 1. The van der Waals surface area contributed by atoms with E-state index in [1.165, 1.54) is 19.3 Å². The summed E-state index contributed by atoms with van der Waals surface area (Å²) < 4.78 is 5.56. The van der Waals surface area contributed by atoms with Crippen molar-refractivity contribution in [1.29, 1.82) is 0 Å². The van der Waals surface area contributed by atoms with Gasteiger partial charge in [-0.1, -0.05) is 26.7 Å². The molecule has 1 rings (SSSR count). The highest BCUT2D eigenvalue weighted by Gasteiger charge is 2.34. The number of aliphatic carboxylic acids is 1. The zero-order chi connectivity index (χ0) is 13.4. The minimum Gasteiger partial charge on any atom is -0.480 e. The van der Waals surface area contributed by atoms with Gasteiger partial charge in [0.1, 0.15) is 5.54 Å². The van der Waals surface area contributed by atoms with Crippen molar-refractivity contribution in [2.45, 2.75) is 57.9 Å². The highest BCUT2D eigenvalue weighted by Crippen LogP contribution is 2.32. The molecule has 0 spiro atoms. The Hall–Kier alpha value is -0.610. The molecule has 0 aromatic heterocycles. The predicted molar refractivity (Wildman–Crippen MR) is 71.7 cm³/mol. The number of rotatable bonds is 11. The lowest BCUT2D eigenvalue weighted by Gasteiger charge is -2.29. The molecule has 1 aliphatic rings. The maximum absolute atomic E-state index is 11.4. The predicted octanol–water partition coefficient (Wildman–Crippen LogP) is 2.43. The van der Waals surface area contributed by atoms with Gasteiger partial charge < -0.3 is 15.2 Å². The summed E-state index contributed by atoms with van der Waals surface area (Å²) in [6.45, 7) is 6.05. The van der Waals surface area contributed by atoms with E-state index >= 15 is 0 Å². The van der Waals surface area contributed by atoms with E-state index < -0.39 is 11.5 Å². The number of likely N-dealkylation sites (N-methyl/N-ethyl adjacent to an activating group) is 1. The van der Waals surface area contributed by atoms with Crippen LogP contribution in [0.2, 0.25) is 0 Å². The van der Waals surface area contributed by atoms with E-state index in [1.54, 1.807) is 0 Å². The summed E-state index contributed by atoms with van der Waals surface area (Å²) in [5.41, 5.74) is -0.769. The summed E-state index contributed by atoms with van der Waals surface area (Å²) in [6.07, 6.45) is 5.95. The van der Waals surface area contributed by atoms with Crippen molar-refractivity contribution < 1.29 is 14.6 Å². The summed E-state index contributed by atoms with van der Waals surface area (Å²) in [5.74, 6) is 0.158. The van der Waals surface area contributed by atoms with Crippen molar-refractivity contribution in [3.8, 4) is 0 Å². The number of carboxylic acids is 1. The largest absolute Gasteiger partial charge is 0.480 e. The first-order valence-electron chi connectivity index (χ1n) is 7.20. The van der Waals surface area contributed by atoms with Crippen LogP contribution in [0.1, 0.15) is 52.4 Å². The fraction of sp³-hybridized carbons (Fsp3) is 0.929. The van der Waals surface area contributed by atoms with Gasteiger partial charge in [-0.15, -0.1) is 0 Å². The van der Waals surface area contributed by atoms with E-state index in [2.05, 4.69) is 5.32 Å². The molecule has 0 aliphatic heterocycles. The molecule has 0 bridgehead atoms. The van der Waals surface area contributed by atoms with Gasteiger partial charge in [-0.05, 0) is 38.1 Å². The Balaban J connectivity index is 2.16. The second-order valence-electron chi connectivity index (χ2n) is 5.22. The molecular weight excluding hydrogens is 230 g/mol. The monoisotopic (exact) mass is 257 g/mol. The quantitative estimate of drug-likeness (QED) is 0.558. The molecule has 4 nitrogen and oxygen atoms in total. The Bertz CT molecular complexity index is 253. The first-order chi connectivity index (χ1) is 8.64. The average molecular weight is 257 g/mol. The lowest BCUT2D eigenvalue weighted by Crippen LogP contribution is -2.51. The highest BCUT2D eigenvalue weighted by atomic mass is 16.5. The molecule has 0 amide bonds. The molecule has 0 aromatic carbocycles. The van der Waals surface area contributed by atoms with Gasteiger partial charge in [-0.25, -0.2) is 0 Å². The van der Waals surface area contributed by atoms with Crippen LogP contribution in [0.5, 0.6) is 0 Å². The number of ether oxygens (including phenoxy) is 1. The van der Waals surface area contributed by atoms with E-state index in [-0.39, 0.29) is 0 Å². The molecule has 1 saturated carbocycles. The van der Waals surface area contributed by atoms with Gasteiger partial charge in [0.2, 0.25) is 0 Å². The Labute approximate surface area is 110 Å². The fourth-order valence-corrected chi connectivity index (χ4v) is 2.30. The number of nitrogens with one attached hydrogen (secondary N) is 1. The third kappa shape index (κ3) is 4.94. The van der Waals surface area contributed by atoms with Gasteiger partial charge in [0.25, 0.3) is 0 Å². The van der Waals surface area contributed by atoms with Crippen molar-refractivity contribution in [2.24, 2.45) is 5.92 Å². The summed E-state index contributed by atoms with van der Waals surface area (Å²) >= 11 is 0. The maximum Gasteiger partial charge on any atom is 0.323 e. The Morgan fingerprint density at radius 3 is 2.61 bits per heavy atom. The van der Waals surface area contributed by atoms with Gasteiger partial charge in [0.05, 0.1) is 0 Å². The van der Waals surface area contributed by atoms with E-state index in [0.29, 0.717) is 26.0 Å². The fourth-order valence-electron chi connectivity index (χ4n) is 2.30. The van der Waals surface area contributed by atoms with Crippen LogP contribution in [-0.2, 0) is 9.53 Å². The second kappa shape index (κ2) is 7.74. The SMILES string of the molecule is CCNC(CC)(CCCOCCC1CC1)C(=O)O. The normalized spacial score (nSPS) is 18.6. The van der Waals surface area contributed by atoms with Gasteiger partial charge in [0, 0.05) is 13.2 Å². The summed E-state index contributed by atoms with van der Waals surface area (Å²) in [6, 6.07) is 0. The molecule has 1 fully saturated rings. The van der Waals surface area contributed by atoms with Crippen molar-refractivity contribution in [1.82, 2.24) is 5.32 Å². The van der Waals surface area contributed by atoms with Crippen LogP contribution in [0.3, 0.4) is 0 Å². The molecule has 106 valence electrons. The maximum atomic E-state index is 11.4. The van der Waals surface area contributed by atoms with Crippen LogP contribution >= 0.6 is 0 Å². The van der Waals surface area contributed by atoms with Crippen LogP contribution in [0.25, 0.3) is 0 Å². The Morgan fingerprint density at radius 1 is 1.39 bits per heavy atom. The molecule has 1 atom stereocenters. The van der Waals surface area contributed by atoms with Gasteiger partial charge >= 0.3 is 5.97 Å². The first-order valence-corrected chi connectivity index (χ1v) is 7.20. The molecule has 0 heterocycles. The molecule has 18 heavy (non-hydrogen) atoms. The Morgan fingerprint density at radius 2 is 2.11 bits per heavy atom. The zero-order valence-corrected chi connectivity index (χ0v) is 11.7. The van der Waals surface area contributed by atoms with E-state index in [4.69, 9.17) is 4.74 Å². The number of hydrogen-bond acceptors (Lipinski definition) is 3. The molecule has 0 saturated heterocycles. The number of hydrogen-bond donors (Lipinski definition) is 2. The van der Waals surface area contributed by atoms with Gasteiger partial charge in [0.15, 0.2) is 0 Å². The smallest absolute Gasteiger partial charge is 0.323 e. The third-order valence-electron chi connectivity index (χ3n) is 3.79. The minimum atomic E-state index is -0.769. The topological polar surface area (TPSA) is 58.6 Å². The summed E-state index contributed by atoms with van der Waals surface area (Å²) in [4.78, 5) is 11.4. The molecule has 0 aromatic rings. The van der Waals surface area contributed by atoms with E-state index in [0.717, 1.165) is 18.9 Å². The molecule has 1 aliphatic carbocycles. The summed E-state index contributed by atoms with van der Waals surface area (Å²) in [5, 5.41) is 12.4. The number of carbonyl (C=O) groups is 1. The molecule has 1 unspecified atom stereocenters. The van der Waals surface area contributed by atoms with E-state index in [9.17, 15) is 9.90 Å². The van der Waals surface area contributed by atoms with Crippen LogP contribution in [-0.4, -0.2) is 36.4 Å². The van der Waals surface area contributed by atoms with Crippen LogP contribution in [0, 0.1) is 5.92 Å². The van der Waals surface area contributed by atoms with Gasteiger partial charge in [-0.2, -0.15) is 0 Å². The molecule has 2 N–H and O–H groups in total. The van der Waals surface area contributed by atoms with Crippen molar-refractivity contribution in [2.75, 3.05) is 19.8 Å². The van der Waals surface area contributed by atoms with Crippen molar-refractivity contribution in [3.63, 3.8) is 0 Å². The van der Waals surface area contributed by atoms with Crippen LogP contribution < -0.4 is 5.32 Å². The molecular formula is C14H27NO3.